The predicted octanol–water partition coefficient (Wildman–Crippen LogP) is 4.37. The molecule has 6 heteroatoms. The van der Waals surface area contributed by atoms with Gasteiger partial charge in [-0.15, -0.1) is 0 Å². The molecule has 25 heavy (non-hydrogen) atoms. The molecule has 1 N–H and O–H groups in total. The van der Waals surface area contributed by atoms with Crippen LogP contribution < -0.4 is 5.32 Å². The summed E-state index contributed by atoms with van der Waals surface area (Å²) in [5.41, 5.74) is 2.92. The van der Waals surface area contributed by atoms with Gasteiger partial charge in [-0.3, -0.25) is 4.98 Å². The van der Waals surface area contributed by atoms with E-state index in [4.69, 9.17) is 23.8 Å². The quantitative estimate of drug-likeness (QED) is 0.757. The molecule has 0 aliphatic carbocycles. The fraction of sp³-hybridized carbons (Fsp3) is 0.368. The van der Waals surface area contributed by atoms with E-state index in [1.165, 1.54) is 0 Å². The van der Waals surface area contributed by atoms with Crippen LogP contribution in [0.15, 0.2) is 42.6 Å². The summed E-state index contributed by atoms with van der Waals surface area (Å²) in [6, 6.07) is 11.8. The Bertz CT molecular complexity index is 706. The Labute approximate surface area is 160 Å². The second-order valence-electron chi connectivity index (χ2n) is 6.27. The standard InChI is InChI=1S/C19H25ClN4S/c1-14-16(20)8-7-10-17(14)22-19(25)24(13-12-23(3)4)15(2)18-9-5-6-11-21-18/h5-11,15H,12-13H2,1-4H3,(H,22,25). The van der Waals surface area contributed by atoms with E-state index in [-0.39, 0.29) is 6.04 Å². The lowest BCUT2D eigenvalue weighted by atomic mass is 10.2. The summed E-state index contributed by atoms with van der Waals surface area (Å²) in [6.07, 6.45) is 1.81. The number of hydrogen-bond donors (Lipinski definition) is 1. The average Bonchev–Trinajstić information content (AvgIpc) is 2.59. The van der Waals surface area contributed by atoms with Gasteiger partial charge in [0.25, 0.3) is 0 Å². The van der Waals surface area contributed by atoms with Gasteiger partial charge in [0.2, 0.25) is 0 Å². The Morgan fingerprint density at radius 2 is 1.96 bits per heavy atom. The number of benzene rings is 1. The molecule has 2 rings (SSSR count). The van der Waals surface area contributed by atoms with Crippen LogP contribution in [0.25, 0.3) is 0 Å². The van der Waals surface area contributed by atoms with Gasteiger partial charge in [-0.25, -0.2) is 0 Å². The van der Waals surface area contributed by atoms with Crippen LogP contribution in [0.3, 0.4) is 0 Å². The van der Waals surface area contributed by atoms with E-state index in [9.17, 15) is 0 Å². The second kappa shape index (κ2) is 9.13. The number of halogens is 1. The highest BCUT2D eigenvalue weighted by Gasteiger charge is 2.20. The van der Waals surface area contributed by atoms with Crippen LogP contribution in [-0.4, -0.2) is 47.1 Å². The van der Waals surface area contributed by atoms with Crippen LogP contribution >= 0.6 is 23.8 Å². The summed E-state index contributed by atoms with van der Waals surface area (Å²) in [7, 11) is 4.11. The number of pyridine rings is 1. The smallest absolute Gasteiger partial charge is 0.174 e. The van der Waals surface area contributed by atoms with Gasteiger partial charge in [-0.05, 0) is 70.0 Å². The zero-order chi connectivity index (χ0) is 18.4. The summed E-state index contributed by atoms with van der Waals surface area (Å²) in [6.45, 7) is 5.81. The molecule has 0 amide bonds. The normalized spacial score (nSPS) is 12.1. The molecule has 4 nitrogen and oxygen atoms in total. The minimum atomic E-state index is 0.0700. The Kier molecular flexibility index (Phi) is 7.17. The Morgan fingerprint density at radius 3 is 2.60 bits per heavy atom. The van der Waals surface area contributed by atoms with E-state index in [0.717, 1.165) is 35.1 Å². The zero-order valence-corrected chi connectivity index (χ0v) is 16.7. The van der Waals surface area contributed by atoms with Crippen molar-refractivity contribution in [1.29, 1.82) is 0 Å². The number of aromatic nitrogens is 1. The third kappa shape index (κ3) is 5.39. The lowest BCUT2D eigenvalue weighted by Crippen LogP contribution is -2.41. The van der Waals surface area contributed by atoms with Gasteiger partial charge >= 0.3 is 0 Å². The van der Waals surface area contributed by atoms with E-state index < -0.39 is 0 Å². The van der Waals surface area contributed by atoms with Crippen molar-refractivity contribution >= 4 is 34.6 Å². The van der Waals surface area contributed by atoms with Crippen molar-refractivity contribution in [2.75, 3.05) is 32.5 Å². The summed E-state index contributed by atoms with van der Waals surface area (Å²) < 4.78 is 0. The molecule has 0 spiro atoms. The van der Waals surface area contributed by atoms with Crippen molar-refractivity contribution in [3.8, 4) is 0 Å². The Morgan fingerprint density at radius 1 is 1.20 bits per heavy atom. The third-order valence-corrected chi connectivity index (χ3v) is 4.89. The van der Waals surface area contributed by atoms with Crippen molar-refractivity contribution in [3.63, 3.8) is 0 Å². The highest BCUT2D eigenvalue weighted by Crippen LogP contribution is 2.25. The van der Waals surface area contributed by atoms with E-state index in [0.29, 0.717) is 5.11 Å². The van der Waals surface area contributed by atoms with Crippen LogP contribution in [-0.2, 0) is 0 Å². The highest BCUT2D eigenvalue weighted by molar-refractivity contribution is 7.80. The van der Waals surface area contributed by atoms with Crippen LogP contribution in [0.1, 0.15) is 24.2 Å². The first kappa shape index (κ1) is 19.6. The average molecular weight is 377 g/mol. The summed E-state index contributed by atoms with van der Waals surface area (Å²) in [4.78, 5) is 8.79. The van der Waals surface area contributed by atoms with Gasteiger partial charge in [0.1, 0.15) is 0 Å². The molecule has 0 saturated carbocycles. The van der Waals surface area contributed by atoms with E-state index in [2.05, 4.69) is 41.1 Å². The van der Waals surface area contributed by atoms with Crippen LogP contribution in [0, 0.1) is 6.92 Å². The maximum absolute atomic E-state index is 6.22. The van der Waals surface area contributed by atoms with Crippen molar-refractivity contribution in [1.82, 2.24) is 14.8 Å². The van der Waals surface area contributed by atoms with Crippen molar-refractivity contribution in [2.24, 2.45) is 0 Å². The van der Waals surface area contributed by atoms with Gasteiger partial charge < -0.3 is 15.1 Å². The lowest BCUT2D eigenvalue weighted by molar-refractivity contribution is 0.286. The number of hydrogen-bond acceptors (Lipinski definition) is 3. The minimum absolute atomic E-state index is 0.0700. The molecule has 1 unspecified atom stereocenters. The lowest BCUT2D eigenvalue weighted by Gasteiger charge is -2.32. The maximum Gasteiger partial charge on any atom is 0.174 e. The first-order valence-electron chi connectivity index (χ1n) is 8.28. The van der Waals surface area contributed by atoms with Gasteiger partial charge in [0, 0.05) is 30.0 Å². The molecule has 0 aliphatic rings. The number of anilines is 1. The Balaban J connectivity index is 2.21. The monoisotopic (exact) mass is 376 g/mol. The molecule has 0 bridgehead atoms. The SMILES string of the molecule is Cc1c(Cl)cccc1NC(=S)N(CCN(C)C)C(C)c1ccccn1. The first-order valence-corrected chi connectivity index (χ1v) is 9.07. The van der Waals surface area contributed by atoms with E-state index in [1.54, 1.807) is 0 Å². The van der Waals surface area contributed by atoms with Crippen LogP contribution in [0.2, 0.25) is 5.02 Å². The molecule has 0 saturated heterocycles. The molecule has 1 heterocycles. The van der Waals surface area contributed by atoms with Crippen LogP contribution in [0.5, 0.6) is 0 Å². The number of thiocarbonyl (C=S) groups is 1. The van der Waals surface area contributed by atoms with Crippen molar-refractivity contribution < 1.29 is 0 Å². The molecular formula is C19H25ClN4S. The molecule has 0 fully saturated rings. The van der Waals surface area contributed by atoms with Crippen LogP contribution in [0.4, 0.5) is 5.69 Å². The molecule has 0 aliphatic heterocycles. The number of rotatable bonds is 6. The molecule has 1 aromatic heterocycles. The molecule has 0 radical (unpaired) electrons. The summed E-state index contributed by atoms with van der Waals surface area (Å²) in [5, 5.41) is 4.75. The molecule has 1 atom stereocenters. The van der Waals surface area contributed by atoms with E-state index in [1.807, 2.05) is 49.5 Å². The van der Waals surface area contributed by atoms with Gasteiger partial charge in [0.05, 0.1) is 11.7 Å². The molecule has 134 valence electrons. The van der Waals surface area contributed by atoms with Crippen molar-refractivity contribution in [2.45, 2.75) is 19.9 Å². The number of nitrogens with one attached hydrogen (secondary N) is 1. The van der Waals surface area contributed by atoms with Gasteiger partial charge in [-0.1, -0.05) is 23.7 Å². The topological polar surface area (TPSA) is 31.4 Å². The second-order valence-corrected chi connectivity index (χ2v) is 7.06. The fourth-order valence-electron chi connectivity index (χ4n) is 2.49. The number of likely N-dealkylation sites (N-methyl/N-ethyl adjacent to an activating group) is 1. The molecule has 2 aromatic rings. The highest BCUT2D eigenvalue weighted by atomic mass is 35.5. The minimum Gasteiger partial charge on any atom is -0.339 e. The maximum atomic E-state index is 6.22. The Hall–Kier alpha value is -1.69. The fourth-order valence-corrected chi connectivity index (χ4v) is 3.03. The summed E-state index contributed by atoms with van der Waals surface area (Å²) in [5.74, 6) is 0. The molecular weight excluding hydrogens is 352 g/mol. The van der Waals surface area contributed by atoms with Crippen molar-refractivity contribution in [3.05, 3.63) is 58.9 Å². The summed E-state index contributed by atoms with van der Waals surface area (Å²) >= 11 is 11.9. The zero-order valence-electron chi connectivity index (χ0n) is 15.2. The van der Waals surface area contributed by atoms with Gasteiger partial charge in [0.15, 0.2) is 5.11 Å². The largest absolute Gasteiger partial charge is 0.339 e. The first-order chi connectivity index (χ1) is 11.9. The van der Waals surface area contributed by atoms with E-state index >= 15 is 0 Å². The number of nitrogens with zero attached hydrogens (tertiary/aromatic N) is 3. The predicted molar refractivity (Wildman–Crippen MR) is 110 cm³/mol. The van der Waals surface area contributed by atoms with Gasteiger partial charge in [-0.2, -0.15) is 0 Å². The third-order valence-electron chi connectivity index (χ3n) is 4.14. The molecule has 1 aromatic carbocycles.